The third-order valence-corrected chi connectivity index (χ3v) is 2.88. The minimum absolute atomic E-state index is 0.0807. The van der Waals surface area contributed by atoms with Gasteiger partial charge >= 0.3 is 0 Å². The SMILES string of the molecule is COc1ncccc1-c1ccc(C(C)=O)c(C)c1. The molecule has 0 saturated heterocycles. The van der Waals surface area contributed by atoms with Crippen LogP contribution >= 0.6 is 0 Å². The number of carbonyl (C=O) groups is 1. The molecule has 0 fully saturated rings. The van der Waals surface area contributed by atoms with Gasteiger partial charge in [0.15, 0.2) is 5.78 Å². The van der Waals surface area contributed by atoms with Crippen molar-refractivity contribution >= 4 is 5.78 Å². The lowest BCUT2D eigenvalue weighted by Gasteiger charge is -2.09. The maximum absolute atomic E-state index is 11.4. The van der Waals surface area contributed by atoms with Gasteiger partial charge in [0.2, 0.25) is 5.88 Å². The van der Waals surface area contributed by atoms with Gasteiger partial charge in [-0.1, -0.05) is 18.2 Å². The molecule has 0 aliphatic rings. The van der Waals surface area contributed by atoms with Crippen LogP contribution in [-0.4, -0.2) is 17.9 Å². The largest absolute Gasteiger partial charge is 0.481 e. The first-order valence-corrected chi connectivity index (χ1v) is 5.74. The Kier molecular flexibility index (Phi) is 3.42. The lowest BCUT2D eigenvalue weighted by atomic mass is 9.99. The minimum atomic E-state index is 0.0807. The summed E-state index contributed by atoms with van der Waals surface area (Å²) in [5, 5.41) is 0. The van der Waals surface area contributed by atoms with Gasteiger partial charge < -0.3 is 4.74 Å². The van der Waals surface area contributed by atoms with E-state index in [-0.39, 0.29) is 5.78 Å². The van der Waals surface area contributed by atoms with Crippen molar-refractivity contribution < 1.29 is 9.53 Å². The van der Waals surface area contributed by atoms with Gasteiger partial charge in [-0.3, -0.25) is 4.79 Å². The van der Waals surface area contributed by atoms with Crippen molar-refractivity contribution in [1.29, 1.82) is 0 Å². The molecule has 0 bridgehead atoms. The number of carbonyl (C=O) groups excluding carboxylic acids is 1. The first kappa shape index (κ1) is 12.3. The molecule has 1 aromatic heterocycles. The predicted octanol–water partition coefficient (Wildman–Crippen LogP) is 3.27. The van der Waals surface area contributed by atoms with Crippen LogP contribution in [0.4, 0.5) is 0 Å². The summed E-state index contributed by atoms with van der Waals surface area (Å²) in [5.41, 5.74) is 3.65. The first-order chi connectivity index (χ1) is 8.63. The number of benzene rings is 1. The van der Waals surface area contributed by atoms with Gasteiger partial charge in [0, 0.05) is 17.3 Å². The zero-order valence-corrected chi connectivity index (χ0v) is 10.7. The number of pyridine rings is 1. The molecular formula is C15H15NO2. The smallest absolute Gasteiger partial charge is 0.221 e. The molecule has 0 unspecified atom stereocenters. The van der Waals surface area contributed by atoms with E-state index < -0.39 is 0 Å². The number of aromatic nitrogens is 1. The molecule has 1 aromatic carbocycles. The number of hydrogen-bond acceptors (Lipinski definition) is 3. The Hall–Kier alpha value is -2.16. The van der Waals surface area contributed by atoms with Crippen molar-refractivity contribution in [3.63, 3.8) is 0 Å². The van der Waals surface area contributed by atoms with Gasteiger partial charge in [-0.15, -0.1) is 0 Å². The molecule has 1 heterocycles. The number of hydrogen-bond donors (Lipinski definition) is 0. The van der Waals surface area contributed by atoms with Crippen LogP contribution in [0, 0.1) is 6.92 Å². The molecule has 2 rings (SSSR count). The lowest BCUT2D eigenvalue weighted by Crippen LogP contribution is -1.97. The summed E-state index contributed by atoms with van der Waals surface area (Å²) in [6.07, 6.45) is 1.69. The number of nitrogens with zero attached hydrogens (tertiary/aromatic N) is 1. The number of Topliss-reactive ketones (excluding diaryl/α,β-unsaturated/α-hetero) is 1. The summed E-state index contributed by atoms with van der Waals surface area (Å²) in [5.74, 6) is 0.671. The highest BCUT2D eigenvalue weighted by Crippen LogP contribution is 2.28. The van der Waals surface area contributed by atoms with E-state index in [1.54, 1.807) is 20.2 Å². The van der Waals surface area contributed by atoms with Crippen LogP contribution in [-0.2, 0) is 0 Å². The zero-order chi connectivity index (χ0) is 13.1. The van der Waals surface area contributed by atoms with Crippen LogP contribution in [0.25, 0.3) is 11.1 Å². The topological polar surface area (TPSA) is 39.2 Å². The predicted molar refractivity (Wildman–Crippen MR) is 71.0 cm³/mol. The maximum atomic E-state index is 11.4. The highest BCUT2D eigenvalue weighted by Gasteiger charge is 2.09. The highest BCUT2D eigenvalue weighted by atomic mass is 16.5. The Balaban J connectivity index is 2.52. The standard InChI is InChI=1S/C15H15NO2/c1-10-9-12(6-7-13(10)11(2)17)14-5-4-8-16-15(14)18-3/h4-9H,1-3H3. The first-order valence-electron chi connectivity index (χ1n) is 5.74. The van der Waals surface area contributed by atoms with Crippen molar-refractivity contribution in [3.8, 4) is 17.0 Å². The molecule has 0 saturated carbocycles. The fourth-order valence-corrected chi connectivity index (χ4v) is 2.00. The third kappa shape index (κ3) is 2.25. The van der Waals surface area contributed by atoms with E-state index in [1.807, 2.05) is 37.3 Å². The highest BCUT2D eigenvalue weighted by molar-refractivity contribution is 5.96. The molecule has 18 heavy (non-hydrogen) atoms. The van der Waals surface area contributed by atoms with E-state index in [0.29, 0.717) is 5.88 Å². The summed E-state index contributed by atoms with van der Waals surface area (Å²) in [4.78, 5) is 15.6. The van der Waals surface area contributed by atoms with Gasteiger partial charge in [0.05, 0.1) is 7.11 Å². The number of ether oxygens (including phenoxy) is 1. The molecule has 0 N–H and O–H groups in total. The molecule has 0 spiro atoms. The Bertz CT molecular complexity index is 591. The van der Waals surface area contributed by atoms with Gasteiger partial charge in [-0.05, 0) is 37.1 Å². The zero-order valence-electron chi connectivity index (χ0n) is 10.7. The number of aryl methyl sites for hydroxylation is 1. The normalized spacial score (nSPS) is 10.2. The van der Waals surface area contributed by atoms with Crippen LogP contribution in [0.3, 0.4) is 0 Å². The third-order valence-electron chi connectivity index (χ3n) is 2.88. The summed E-state index contributed by atoms with van der Waals surface area (Å²) in [6, 6.07) is 9.57. The Morgan fingerprint density at radius 1 is 1.28 bits per heavy atom. The summed E-state index contributed by atoms with van der Waals surface area (Å²) < 4.78 is 5.24. The Morgan fingerprint density at radius 3 is 2.67 bits per heavy atom. The molecule has 0 atom stereocenters. The van der Waals surface area contributed by atoms with Gasteiger partial charge in [0.25, 0.3) is 0 Å². The van der Waals surface area contributed by atoms with Crippen LogP contribution in [0.1, 0.15) is 22.8 Å². The molecule has 0 aliphatic carbocycles. The molecule has 92 valence electrons. The molecule has 0 aliphatic heterocycles. The van der Waals surface area contributed by atoms with Gasteiger partial charge in [0.1, 0.15) is 0 Å². The van der Waals surface area contributed by atoms with E-state index in [9.17, 15) is 4.79 Å². The van der Waals surface area contributed by atoms with Crippen LogP contribution in [0.2, 0.25) is 0 Å². The monoisotopic (exact) mass is 241 g/mol. The second kappa shape index (κ2) is 5.00. The number of rotatable bonds is 3. The van der Waals surface area contributed by atoms with E-state index in [0.717, 1.165) is 22.3 Å². The average Bonchev–Trinajstić information content (AvgIpc) is 2.38. The molecule has 0 radical (unpaired) electrons. The Labute approximate surface area is 106 Å². The van der Waals surface area contributed by atoms with Crippen molar-refractivity contribution in [1.82, 2.24) is 4.98 Å². The van der Waals surface area contributed by atoms with Gasteiger partial charge in [-0.2, -0.15) is 0 Å². The van der Waals surface area contributed by atoms with Crippen molar-refractivity contribution in [2.24, 2.45) is 0 Å². The van der Waals surface area contributed by atoms with E-state index >= 15 is 0 Å². The quantitative estimate of drug-likeness (QED) is 0.774. The number of methoxy groups -OCH3 is 1. The minimum Gasteiger partial charge on any atom is -0.481 e. The van der Waals surface area contributed by atoms with Crippen molar-refractivity contribution in [3.05, 3.63) is 47.7 Å². The maximum Gasteiger partial charge on any atom is 0.221 e. The van der Waals surface area contributed by atoms with E-state index in [4.69, 9.17) is 4.74 Å². The molecule has 3 nitrogen and oxygen atoms in total. The summed E-state index contributed by atoms with van der Waals surface area (Å²) >= 11 is 0. The molecule has 0 amide bonds. The van der Waals surface area contributed by atoms with Crippen LogP contribution in [0.5, 0.6) is 5.88 Å². The molecular weight excluding hydrogens is 226 g/mol. The average molecular weight is 241 g/mol. The van der Waals surface area contributed by atoms with Crippen LogP contribution in [0.15, 0.2) is 36.5 Å². The van der Waals surface area contributed by atoms with Crippen molar-refractivity contribution in [2.75, 3.05) is 7.11 Å². The second-order valence-electron chi connectivity index (χ2n) is 4.15. The second-order valence-corrected chi connectivity index (χ2v) is 4.15. The summed E-state index contributed by atoms with van der Waals surface area (Å²) in [7, 11) is 1.60. The van der Waals surface area contributed by atoms with Crippen molar-refractivity contribution in [2.45, 2.75) is 13.8 Å². The van der Waals surface area contributed by atoms with Gasteiger partial charge in [-0.25, -0.2) is 4.98 Å². The lowest BCUT2D eigenvalue weighted by molar-refractivity contribution is 0.101. The summed E-state index contributed by atoms with van der Waals surface area (Å²) in [6.45, 7) is 3.51. The fraction of sp³-hybridized carbons (Fsp3) is 0.200. The Morgan fingerprint density at radius 2 is 2.06 bits per heavy atom. The fourth-order valence-electron chi connectivity index (χ4n) is 2.00. The van der Waals surface area contributed by atoms with E-state index in [1.165, 1.54) is 0 Å². The van der Waals surface area contributed by atoms with E-state index in [2.05, 4.69) is 4.98 Å². The number of ketones is 1. The van der Waals surface area contributed by atoms with Crippen LogP contribution < -0.4 is 4.74 Å². The molecule has 3 heteroatoms. The molecule has 2 aromatic rings.